The van der Waals surface area contributed by atoms with E-state index in [0.717, 1.165) is 11.3 Å². The van der Waals surface area contributed by atoms with Crippen LogP contribution in [0.2, 0.25) is 0 Å². The average molecular weight is 703 g/mol. The summed E-state index contributed by atoms with van der Waals surface area (Å²) in [6.45, 7) is 4.09. The molecule has 0 atom stereocenters. The predicted octanol–water partition coefficient (Wildman–Crippen LogP) is 7.45. The Kier molecular flexibility index (Phi) is 9.20. The fraction of sp³-hybridized carbons (Fsp3) is 0.233. The van der Waals surface area contributed by atoms with E-state index < -0.39 is 12.4 Å². The van der Waals surface area contributed by atoms with Gasteiger partial charge in [-0.3, -0.25) is 9.69 Å². The van der Waals surface area contributed by atoms with Crippen molar-refractivity contribution in [2.45, 2.75) is 26.1 Å². The minimum absolute atomic E-state index is 0.137. The number of anilines is 3. The van der Waals surface area contributed by atoms with Crippen LogP contribution >= 0.6 is 27.7 Å². The van der Waals surface area contributed by atoms with Crippen LogP contribution in [-0.4, -0.2) is 58.1 Å². The molecule has 0 bridgehead atoms. The monoisotopic (exact) mass is 701 g/mol. The van der Waals surface area contributed by atoms with Crippen molar-refractivity contribution in [2.24, 2.45) is 4.99 Å². The Balaban J connectivity index is 1.32. The lowest BCUT2D eigenvalue weighted by Gasteiger charge is -2.24. The summed E-state index contributed by atoms with van der Waals surface area (Å²) in [5.41, 5.74) is 4.11. The lowest BCUT2D eigenvalue weighted by atomic mass is 9.99. The second kappa shape index (κ2) is 12.9. The molecule has 1 N–H and O–H groups in total. The number of benzene rings is 3. The number of hydrogen-bond donors (Lipinski definition) is 1. The first-order valence-corrected chi connectivity index (χ1v) is 15.3. The molecule has 1 aromatic heterocycles. The highest BCUT2D eigenvalue weighted by Crippen LogP contribution is 2.36. The molecular formula is C30H27BrF3N7O3S. The van der Waals surface area contributed by atoms with Gasteiger partial charge in [-0.2, -0.15) is 4.99 Å². The zero-order chi connectivity index (χ0) is 32.5. The minimum atomic E-state index is -4.78. The summed E-state index contributed by atoms with van der Waals surface area (Å²) < 4.78 is 43.2. The number of nitrogens with one attached hydrogen (secondary N) is 1. The molecule has 0 radical (unpaired) electrons. The summed E-state index contributed by atoms with van der Waals surface area (Å²) >= 11 is 4.67. The van der Waals surface area contributed by atoms with E-state index >= 15 is 0 Å². The van der Waals surface area contributed by atoms with E-state index in [-0.39, 0.29) is 28.5 Å². The van der Waals surface area contributed by atoms with Crippen LogP contribution in [0.5, 0.6) is 5.75 Å². The van der Waals surface area contributed by atoms with Gasteiger partial charge in [0, 0.05) is 29.8 Å². The Hall–Kier alpha value is -4.37. The standard InChI is InChI=1S/C30H27BrF3N7O3S/c1-17(2)22-11-8-20(39(3)4)14-25(22)41-26(42)15-45-29(41)37-28(43)36-24-12-5-18(13-23(24)31)27-35-16-40(38-27)19-6-9-21(10-7-19)44-30(32,33)34/h5-14,16-17H,15H2,1-4H3,(H,36,43). The predicted molar refractivity (Wildman–Crippen MR) is 172 cm³/mol. The quantitative estimate of drug-likeness (QED) is 0.213. The molecule has 0 aliphatic carbocycles. The molecule has 1 fully saturated rings. The number of thioether (sulfide) groups is 1. The first-order valence-electron chi connectivity index (χ1n) is 13.5. The van der Waals surface area contributed by atoms with Crippen LogP contribution in [0.25, 0.3) is 17.1 Å². The molecule has 234 valence electrons. The molecular weight excluding hydrogens is 675 g/mol. The number of carbonyl (C=O) groups is 2. The van der Waals surface area contributed by atoms with E-state index in [0.29, 0.717) is 32.9 Å². The number of rotatable bonds is 7. The molecule has 2 heterocycles. The molecule has 4 aromatic rings. The van der Waals surface area contributed by atoms with Gasteiger partial charge in [-0.15, -0.1) is 18.3 Å². The van der Waals surface area contributed by atoms with Crippen molar-refractivity contribution in [1.82, 2.24) is 14.8 Å². The van der Waals surface area contributed by atoms with Gasteiger partial charge in [-0.25, -0.2) is 14.5 Å². The highest BCUT2D eigenvalue weighted by Gasteiger charge is 2.33. The maximum atomic E-state index is 13.0. The third-order valence-electron chi connectivity index (χ3n) is 6.65. The molecule has 1 saturated heterocycles. The molecule has 45 heavy (non-hydrogen) atoms. The van der Waals surface area contributed by atoms with E-state index in [1.54, 1.807) is 18.2 Å². The number of urea groups is 1. The Morgan fingerprint density at radius 1 is 1.11 bits per heavy atom. The molecule has 15 heteroatoms. The summed E-state index contributed by atoms with van der Waals surface area (Å²) in [5, 5.41) is 7.44. The fourth-order valence-corrected chi connectivity index (χ4v) is 5.82. The van der Waals surface area contributed by atoms with Crippen molar-refractivity contribution in [2.75, 3.05) is 35.0 Å². The summed E-state index contributed by atoms with van der Waals surface area (Å²) in [4.78, 5) is 38.0. The Morgan fingerprint density at radius 3 is 2.49 bits per heavy atom. The number of aliphatic imine (C=N–C) groups is 1. The van der Waals surface area contributed by atoms with E-state index in [1.807, 2.05) is 51.0 Å². The van der Waals surface area contributed by atoms with Gasteiger partial charge in [-0.05, 0) is 82.0 Å². The van der Waals surface area contributed by atoms with Gasteiger partial charge in [-0.1, -0.05) is 31.7 Å². The topological polar surface area (TPSA) is 105 Å². The van der Waals surface area contributed by atoms with Crippen LogP contribution in [-0.2, 0) is 4.79 Å². The smallest absolute Gasteiger partial charge is 0.406 e. The van der Waals surface area contributed by atoms with Gasteiger partial charge < -0.3 is 15.0 Å². The Bertz CT molecular complexity index is 1780. The summed E-state index contributed by atoms with van der Waals surface area (Å²) in [6, 6.07) is 15.5. The van der Waals surface area contributed by atoms with Gasteiger partial charge in [0.25, 0.3) is 0 Å². The number of alkyl halides is 3. The average Bonchev–Trinajstić information content (AvgIpc) is 3.60. The maximum Gasteiger partial charge on any atom is 0.573 e. The van der Waals surface area contributed by atoms with Gasteiger partial charge in [0.1, 0.15) is 12.1 Å². The normalized spacial score (nSPS) is 14.4. The lowest BCUT2D eigenvalue weighted by molar-refractivity contribution is -0.274. The molecule has 3 aromatic carbocycles. The molecule has 0 saturated carbocycles. The molecule has 0 unspecified atom stereocenters. The van der Waals surface area contributed by atoms with Crippen LogP contribution in [0.15, 0.2) is 76.5 Å². The van der Waals surface area contributed by atoms with E-state index in [9.17, 15) is 22.8 Å². The SMILES string of the molecule is CC(C)c1ccc(N(C)C)cc1N1C(=O)CSC1=NC(=O)Nc1ccc(-c2ncn(-c3ccc(OC(F)(F)F)cc3)n2)cc1Br. The van der Waals surface area contributed by atoms with Crippen LogP contribution in [0.3, 0.4) is 0 Å². The second-order valence-electron chi connectivity index (χ2n) is 10.4. The van der Waals surface area contributed by atoms with Crippen LogP contribution in [0, 0.1) is 0 Å². The second-order valence-corrected chi connectivity index (χ2v) is 12.2. The zero-order valence-corrected chi connectivity index (χ0v) is 26.9. The fourth-order valence-electron chi connectivity index (χ4n) is 4.48. The summed E-state index contributed by atoms with van der Waals surface area (Å²) in [5.74, 6) is 0.148. The Labute approximate surface area is 269 Å². The highest BCUT2D eigenvalue weighted by atomic mass is 79.9. The zero-order valence-electron chi connectivity index (χ0n) is 24.5. The molecule has 10 nitrogen and oxygen atoms in total. The number of nitrogens with zero attached hydrogens (tertiary/aromatic N) is 6. The molecule has 3 amide bonds. The van der Waals surface area contributed by atoms with Crippen molar-refractivity contribution in [3.8, 4) is 22.8 Å². The van der Waals surface area contributed by atoms with Gasteiger partial charge in [0.05, 0.1) is 22.8 Å². The molecule has 1 aliphatic rings. The number of amidine groups is 1. The number of carbonyl (C=O) groups excluding carboxylic acids is 2. The van der Waals surface area contributed by atoms with Crippen LogP contribution < -0.4 is 19.9 Å². The number of ether oxygens (including phenoxy) is 1. The first kappa shape index (κ1) is 32.0. The minimum Gasteiger partial charge on any atom is -0.406 e. The van der Waals surface area contributed by atoms with Gasteiger partial charge >= 0.3 is 12.4 Å². The van der Waals surface area contributed by atoms with E-state index in [2.05, 4.69) is 41.1 Å². The van der Waals surface area contributed by atoms with E-state index in [4.69, 9.17) is 0 Å². The number of halogens is 4. The van der Waals surface area contributed by atoms with Gasteiger partial charge in [0.2, 0.25) is 5.91 Å². The van der Waals surface area contributed by atoms with Crippen molar-refractivity contribution < 1.29 is 27.5 Å². The largest absolute Gasteiger partial charge is 0.573 e. The van der Waals surface area contributed by atoms with Crippen LogP contribution in [0.1, 0.15) is 25.3 Å². The van der Waals surface area contributed by atoms with Crippen molar-refractivity contribution in [1.29, 1.82) is 0 Å². The summed E-state index contributed by atoms with van der Waals surface area (Å²) in [6.07, 6.45) is -3.35. The number of amides is 3. The Morgan fingerprint density at radius 2 is 1.84 bits per heavy atom. The summed E-state index contributed by atoms with van der Waals surface area (Å²) in [7, 11) is 3.83. The van der Waals surface area contributed by atoms with Crippen molar-refractivity contribution in [3.63, 3.8) is 0 Å². The first-order chi connectivity index (χ1) is 21.3. The number of hydrogen-bond acceptors (Lipinski definition) is 7. The maximum absolute atomic E-state index is 13.0. The van der Waals surface area contributed by atoms with E-state index in [1.165, 1.54) is 51.9 Å². The molecule has 5 rings (SSSR count). The van der Waals surface area contributed by atoms with Gasteiger partial charge in [0.15, 0.2) is 11.0 Å². The molecule has 0 spiro atoms. The van der Waals surface area contributed by atoms with Crippen LogP contribution in [0.4, 0.5) is 35.0 Å². The molecule has 1 aliphatic heterocycles. The lowest BCUT2D eigenvalue weighted by Crippen LogP contribution is -2.31. The van der Waals surface area contributed by atoms with Crippen molar-refractivity contribution >= 4 is 61.9 Å². The number of aromatic nitrogens is 3. The third-order valence-corrected chi connectivity index (χ3v) is 8.23. The highest BCUT2D eigenvalue weighted by molar-refractivity contribution is 9.10. The third kappa shape index (κ3) is 7.48. The van der Waals surface area contributed by atoms with Crippen molar-refractivity contribution in [3.05, 3.63) is 77.0 Å².